The van der Waals surface area contributed by atoms with Crippen LogP contribution in [-0.2, 0) is 6.54 Å². The zero-order chi connectivity index (χ0) is 12.3. The molecule has 0 unspecified atom stereocenters. The van der Waals surface area contributed by atoms with Gasteiger partial charge in [0.05, 0.1) is 18.0 Å². The minimum atomic E-state index is -0.608. The monoisotopic (exact) mass is 254 g/mol. The molecule has 17 heavy (non-hydrogen) atoms. The van der Waals surface area contributed by atoms with Gasteiger partial charge in [0.1, 0.15) is 11.0 Å². The summed E-state index contributed by atoms with van der Waals surface area (Å²) in [5, 5.41) is 8.89. The molecule has 2 rings (SSSR count). The molecule has 2 heterocycles. The normalized spacial score (nSPS) is 10.2. The molecule has 0 aliphatic heterocycles. The second-order valence-electron chi connectivity index (χ2n) is 3.28. The molecule has 2 aromatic rings. The van der Waals surface area contributed by atoms with Crippen molar-refractivity contribution in [3.8, 4) is 0 Å². The Kier molecular flexibility index (Phi) is 3.34. The van der Waals surface area contributed by atoms with Crippen molar-refractivity contribution < 1.29 is 9.18 Å². The van der Waals surface area contributed by atoms with E-state index in [-0.39, 0.29) is 17.3 Å². The van der Waals surface area contributed by atoms with Gasteiger partial charge >= 0.3 is 0 Å². The summed E-state index contributed by atoms with van der Waals surface area (Å²) >= 11 is 5.69. The molecular weight excluding hydrogens is 247 g/mol. The minimum Gasteiger partial charge on any atom is -0.348 e. The van der Waals surface area contributed by atoms with Gasteiger partial charge in [-0.2, -0.15) is 5.10 Å². The maximum atomic E-state index is 12.9. The Balaban J connectivity index is 2.07. The SMILES string of the molecule is O=C(NCc1cn[nH]c1)c1cc(F)cnc1Cl. The predicted octanol–water partition coefficient (Wildman–Crippen LogP) is 1.53. The summed E-state index contributed by atoms with van der Waals surface area (Å²) in [4.78, 5) is 15.2. The van der Waals surface area contributed by atoms with Crippen molar-refractivity contribution in [2.45, 2.75) is 6.54 Å². The molecule has 0 radical (unpaired) electrons. The summed E-state index contributed by atoms with van der Waals surface area (Å²) < 4.78 is 12.9. The van der Waals surface area contributed by atoms with E-state index in [9.17, 15) is 9.18 Å². The number of carbonyl (C=O) groups excluding carboxylic acids is 1. The Morgan fingerprint density at radius 3 is 3.06 bits per heavy atom. The molecule has 2 N–H and O–H groups in total. The fourth-order valence-corrected chi connectivity index (χ4v) is 1.42. The molecule has 5 nitrogen and oxygen atoms in total. The minimum absolute atomic E-state index is 0.00941. The van der Waals surface area contributed by atoms with Crippen LogP contribution in [0.4, 0.5) is 4.39 Å². The molecule has 0 aliphatic rings. The smallest absolute Gasteiger partial charge is 0.254 e. The average Bonchev–Trinajstić information content (AvgIpc) is 2.82. The van der Waals surface area contributed by atoms with Crippen LogP contribution >= 0.6 is 11.6 Å². The summed E-state index contributed by atoms with van der Waals surface area (Å²) in [6.45, 7) is 0.280. The van der Waals surface area contributed by atoms with Gasteiger partial charge in [-0.05, 0) is 6.07 Å². The summed E-state index contributed by atoms with van der Waals surface area (Å²) in [6, 6.07) is 1.04. The van der Waals surface area contributed by atoms with Crippen molar-refractivity contribution >= 4 is 17.5 Å². The standard InChI is InChI=1S/C10H8ClFN4O/c11-9-8(1-7(12)5-13-9)10(17)14-2-6-3-15-16-4-6/h1,3-5H,2H2,(H,14,17)(H,15,16). The second kappa shape index (κ2) is 4.92. The molecule has 88 valence electrons. The van der Waals surface area contributed by atoms with Crippen molar-refractivity contribution in [3.05, 3.63) is 46.8 Å². The lowest BCUT2D eigenvalue weighted by Gasteiger charge is -2.04. The van der Waals surface area contributed by atoms with E-state index in [2.05, 4.69) is 20.5 Å². The highest BCUT2D eigenvalue weighted by Gasteiger charge is 2.12. The lowest BCUT2D eigenvalue weighted by atomic mass is 10.2. The predicted molar refractivity (Wildman–Crippen MR) is 59.0 cm³/mol. The van der Waals surface area contributed by atoms with Gasteiger partial charge in [-0.1, -0.05) is 11.6 Å². The number of nitrogens with zero attached hydrogens (tertiary/aromatic N) is 2. The third-order valence-corrected chi connectivity index (χ3v) is 2.36. The maximum Gasteiger partial charge on any atom is 0.254 e. The summed E-state index contributed by atoms with van der Waals surface area (Å²) in [6.07, 6.45) is 4.17. The molecule has 0 saturated carbocycles. The van der Waals surface area contributed by atoms with E-state index in [0.717, 1.165) is 17.8 Å². The van der Waals surface area contributed by atoms with E-state index >= 15 is 0 Å². The molecule has 0 bridgehead atoms. The largest absolute Gasteiger partial charge is 0.348 e. The quantitative estimate of drug-likeness (QED) is 0.816. The Morgan fingerprint density at radius 2 is 2.35 bits per heavy atom. The van der Waals surface area contributed by atoms with E-state index in [0.29, 0.717) is 0 Å². The number of aromatic amines is 1. The van der Waals surface area contributed by atoms with Gasteiger partial charge in [-0.25, -0.2) is 9.37 Å². The molecule has 0 aliphatic carbocycles. The second-order valence-corrected chi connectivity index (χ2v) is 3.64. The number of aromatic nitrogens is 3. The highest BCUT2D eigenvalue weighted by molar-refractivity contribution is 6.32. The topological polar surface area (TPSA) is 70.7 Å². The molecule has 0 fully saturated rings. The van der Waals surface area contributed by atoms with Gasteiger partial charge in [-0.3, -0.25) is 9.89 Å². The molecule has 1 amide bonds. The average molecular weight is 255 g/mol. The van der Waals surface area contributed by atoms with E-state index in [1.54, 1.807) is 12.4 Å². The third-order valence-electron chi connectivity index (χ3n) is 2.06. The molecule has 2 aromatic heterocycles. The van der Waals surface area contributed by atoms with E-state index in [1.807, 2.05) is 0 Å². The number of amides is 1. The van der Waals surface area contributed by atoms with E-state index in [1.165, 1.54) is 0 Å². The van der Waals surface area contributed by atoms with Crippen molar-refractivity contribution in [3.63, 3.8) is 0 Å². The van der Waals surface area contributed by atoms with Crippen LogP contribution in [0.25, 0.3) is 0 Å². The van der Waals surface area contributed by atoms with Crippen LogP contribution in [0.1, 0.15) is 15.9 Å². The molecular formula is C10H8ClFN4O. The summed E-state index contributed by atoms with van der Waals surface area (Å²) in [7, 11) is 0. The Hall–Kier alpha value is -1.95. The first kappa shape index (κ1) is 11.5. The first-order valence-electron chi connectivity index (χ1n) is 4.73. The fourth-order valence-electron chi connectivity index (χ4n) is 1.23. The van der Waals surface area contributed by atoms with Crippen LogP contribution in [0.3, 0.4) is 0 Å². The molecule has 0 saturated heterocycles. The zero-order valence-electron chi connectivity index (χ0n) is 8.58. The number of pyridine rings is 1. The number of carbonyl (C=O) groups is 1. The van der Waals surface area contributed by atoms with Crippen LogP contribution in [0.5, 0.6) is 0 Å². The molecule has 0 atom stereocenters. The summed E-state index contributed by atoms with van der Waals surface area (Å²) in [5.74, 6) is -1.09. The van der Waals surface area contributed by atoms with Crippen molar-refractivity contribution in [1.82, 2.24) is 20.5 Å². The number of hydrogen-bond acceptors (Lipinski definition) is 3. The fraction of sp³-hybridized carbons (Fsp3) is 0.100. The summed E-state index contributed by atoms with van der Waals surface area (Å²) in [5.41, 5.74) is 0.814. The molecule has 0 spiro atoms. The number of H-pyrrole nitrogens is 1. The van der Waals surface area contributed by atoms with Gasteiger partial charge in [0, 0.05) is 18.3 Å². The first-order valence-corrected chi connectivity index (χ1v) is 5.11. The van der Waals surface area contributed by atoms with Gasteiger partial charge < -0.3 is 5.32 Å². The van der Waals surface area contributed by atoms with Crippen LogP contribution in [0, 0.1) is 5.82 Å². The molecule has 7 heteroatoms. The first-order chi connectivity index (χ1) is 8.16. The van der Waals surface area contributed by atoms with E-state index < -0.39 is 11.7 Å². The van der Waals surface area contributed by atoms with Crippen molar-refractivity contribution in [2.24, 2.45) is 0 Å². The van der Waals surface area contributed by atoms with Crippen molar-refractivity contribution in [2.75, 3.05) is 0 Å². The number of nitrogens with one attached hydrogen (secondary N) is 2. The van der Waals surface area contributed by atoms with Crippen LogP contribution < -0.4 is 5.32 Å². The Bertz CT molecular complexity index is 529. The van der Waals surface area contributed by atoms with Gasteiger partial charge in [0.15, 0.2) is 0 Å². The van der Waals surface area contributed by atoms with Crippen LogP contribution in [0.15, 0.2) is 24.7 Å². The maximum absolute atomic E-state index is 12.9. The Morgan fingerprint density at radius 1 is 1.53 bits per heavy atom. The Labute approximate surface area is 101 Å². The van der Waals surface area contributed by atoms with Crippen LogP contribution in [-0.4, -0.2) is 21.1 Å². The number of halogens is 2. The number of rotatable bonds is 3. The van der Waals surface area contributed by atoms with Crippen LogP contribution in [0.2, 0.25) is 5.15 Å². The number of hydrogen-bond donors (Lipinski definition) is 2. The van der Waals surface area contributed by atoms with Gasteiger partial charge in [0.2, 0.25) is 0 Å². The lowest BCUT2D eigenvalue weighted by Crippen LogP contribution is -2.23. The van der Waals surface area contributed by atoms with Gasteiger partial charge in [0.25, 0.3) is 5.91 Å². The van der Waals surface area contributed by atoms with E-state index in [4.69, 9.17) is 11.6 Å². The highest BCUT2D eigenvalue weighted by Crippen LogP contribution is 2.13. The van der Waals surface area contributed by atoms with Gasteiger partial charge in [-0.15, -0.1) is 0 Å². The molecule has 0 aromatic carbocycles. The highest BCUT2D eigenvalue weighted by atomic mass is 35.5. The third kappa shape index (κ3) is 2.79. The lowest BCUT2D eigenvalue weighted by molar-refractivity contribution is 0.0950. The zero-order valence-corrected chi connectivity index (χ0v) is 9.33. The van der Waals surface area contributed by atoms with Crippen molar-refractivity contribution in [1.29, 1.82) is 0 Å².